The molecule has 1 rings (SSSR count). The summed E-state index contributed by atoms with van der Waals surface area (Å²) in [6, 6.07) is 5.44. The molecule has 0 radical (unpaired) electrons. The SMILES string of the molecule is CCOc1ccc(CC(N)CO)c(OCC)c1.Cl. The number of aliphatic hydroxyl groups is 1. The summed E-state index contributed by atoms with van der Waals surface area (Å²) in [5.74, 6) is 1.57. The first kappa shape index (κ1) is 17.0. The highest BCUT2D eigenvalue weighted by Crippen LogP contribution is 2.26. The van der Waals surface area contributed by atoms with Crippen LogP contribution in [0.3, 0.4) is 0 Å². The second-order valence-corrected chi connectivity index (χ2v) is 3.78. The molecule has 0 aliphatic carbocycles. The zero-order valence-corrected chi connectivity index (χ0v) is 11.7. The lowest BCUT2D eigenvalue weighted by molar-refractivity contribution is 0.263. The van der Waals surface area contributed by atoms with Crippen LogP contribution in [0.4, 0.5) is 0 Å². The zero-order chi connectivity index (χ0) is 12.7. The fraction of sp³-hybridized carbons (Fsp3) is 0.538. The van der Waals surface area contributed by atoms with Crippen molar-refractivity contribution < 1.29 is 14.6 Å². The summed E-state index contributed by atoms with van der Waals surface area (Å²) in [6.07, 6.45) is 0.595. The van der Waals surface area contributed by atoms with Crippen LogP contribution in [0.1, 0.15) is 19.4 Å². The van der Waals surface area contributed by atoms with Gasteiger partial charge in [-0.1, -0.05) is 6.07 Å². The lowest BCUT2D eigenvalue weighted by Crippen LogP contribution is -2.27. The van der Waals surface area contributed by atoms with Crippen LogP contribution >= 0.6 is 12.4 Å². The van der Waals surface area contributed by atoms with Gasteiger partial charge in [-0.25, -0.2) is 0 Å². The van der Waals surface area contributed by atoms with Gasteiger partial charge >= 0.3 is 0 Å². The highest BCUT2D eigenvalue weighted by atomic mass is 35.5. The Morgan fingerprint density at radius 1 is 1.22 bits per heavy atom. The Labute approximate surface area is 115 Å². The summed E-state index contributed by atoms with van der Waals surface area (Å²) in [7, 11) is 0. The summed E-state index contributed by atoms with van der Waals surface area (Å²) in [5.41, 5.74) is 6.73. The number of hydrogen-bond donors (Lipinski definition) is 2. The van der Waals surface area contributed by atoms with Gasteiger partial charge in [-0.3, -0.25) is 0 Å². The summed E-state index contributed by atoms with van der Waals surface area (Å²) in [4.78, 5) is 0. The smallest absolute Gasteiger partial charge is 0.126 e. The number of aliphatic hydroxyl groups excluding tert-OH is 1. The lowest BCUT2D eigenvalue weighted by Gasteiger charge is -2.14. The molecule has 0 amide bonds. The van der Waals surface area contributed by atoms with Crippen molar-refractivity contribution in [2.45, 2.75) is 26.3 Å². The normalized spacial score (nSPS) is 11.6. The maximum atomic E-state index is 8.97. The molecule has 0 aliphatic heterocycles. The molecule has 0 saturated carbocycles. The second kappa shape index (κ2) is 9.03. The molecule has 0 heterocycles. The quantitative estimate of drug-likeness (QED) is 0.796. The van der Waals surface area contributed by atoms with E-state index in [1.54, 1.807) is 0 Å². The minimum atomic E-state index is -0.257. The number of rotatable bonds is 7. The van der Waals surface area contributed by atoms with Crippen LogP contribution in [0.15, 0.2) is 18.2 Å². The van der Waals surface area contributed by atoms with Gasteiger partial charge in [0.25, 0.3) is 0 Å². The van der Waals surface area contributed by atoms with Crippen LogP contribution in [0.2, 0.25) is 0 Å². The molecular formula is C13H22ClNO3. The Balaban J connectivity index is 0.00000289. The third kappa shape index (κ3) is 5.12. The van der Waals surface area contributed by atoms with Gasteiger partial charge in [-0.15, -0.1) is 12.4 Å². The topological polar surface area (TPSA) is 64.7 Å². The van der Waals surface area contributed by atoms with Gasteiger partial charge in [0.2, 0.25) is 0 Å². The molecule has 0 fully saturated rings. The van der Waals surface area contributed by atoms with E-state index in [0.717, 1.165) is 17.1 Å². The van der Waals surface area contributed by atoms with Gasteiger partial charge in [0, 0.05) is 12.1 Å². The van der Waals surface area contributed by atoms with Crippen molar-refractivity contribution in [3.63, 3.8) is 0 Å². The minimum absolute atomic E-state index is 0. The zero-order valence-electron chi connectivity index (χ0n) is 10.9. The number of nitrogens with two attached hydrogens (primary N) is 1. The predicted octanol–water partition coefficient (Wildman–Crippen LogP) is 1.77. The van der Waals surface area contributed by atoms with Gasteiger partial charge in [0.1, 0.15) is 11.5 Å². The van der Waals surface area contributed by atoms with Crippen LogP contribution in [-0.4, -0.2) is 31.0 Å². The molecule has 1 atom stereocenters. The molecule has 0 aliphatic rings. The Morgan fingerprint density at radius 3 is 2.44 bits per heavy atom. The largest absolute Gasteiger partial charge is 0.494 e. The molecule has 5 heteroatoms. The van der Waals surface area contributed by atoms with Crippen LogP contribution in [-0.2, 0) is 6.42 Å². The van der Waals surface area contributed by atoms with Crippen molar-refractivity contribution in [3.8, 4) is 11.5 Å². The van der Waals surface area contributed by atoms with E-state index in [0.29, 0.717) is 19.6 Å². The lowest BCUT2D eigenvalue weighted by atomic mass is 10.1. The first-order chi connectivity index (χ1) is 8.21. The van der Waals surface area contributed by atoms with Crippen LogP contribution < -0.4 is 15.2 Å². The van der Waals surface area contributed by atoms with Gasteiger partial charge in [0.15, 0.2) is 0 Å². The molecule has 1 unspecified atom stereocenters. The van der Waals surface area contributed by atoms with E-state index in [1.165, 1.54) is 0 Å². The van der Waals surface area contributed by atoms with Gasteiger partial charge in [-0.05, 0) is 31.9 Å². The van der Waals surface area contributed by atoms with Crippen molar-refractivity contribution in [3.05, 3.63) is 23.8 Å². The maximum Gasteiger partial charge on any atom is 0.126 e. The van der Waals surface area contributed by atoms with Crippen molar-refractivity contribution in [2.24, 2.45) is 5.73 Å². The van der Waals surface area contributed by atoms with Crippen molar-refractivity contribution >= 4 is 12.4 Å². The summed E-state index contributed by atoms with van der Waals surface area (Å²) in [6.45, 7) is 5.07. The molecule has 18 heavy (non-hydrogen) atoms. The first-order valence-electron chi connectivity index (χ1n) is 5.96. The third-order valence-corrected chi connectivity index (χ3v) is 2.37. The fourth-order valence-electron chi connectivity index (χ4n) is 1.60. The average Bonchev–Trinajstić information content (AvgIpc) is 2.33. The Bertz CT molecular complexity index is 347. The van der Waals surface area contributed by atoms with E-state index in [4.69, 9.17) is 20.3 Å². The molecule has 1 aromatic rings. The standard InChI is InChI=1S/C13H21NO3.ClH/c1-3-16-12-6-5-10(7-11(14)9-15)13(8-12)17-4-2;/h5-6,8,11,15H,3-4,7,9,14H2,1-2H3;1H. The van der Waals surface area contributed by atoms with Crippen molar-refractivity contribution in [1.29, 1.82) is 0 Å². The average molecular weight is 276 g/mol. The third-order valence-electron chi connectivity index (χ3n) is 2.37. The Hall–Kier alpha value is -0.970. The van der Waals surface area contributed by atoms with E-state index < -0.39 is 0 Å². The number of halogens is 1. The van der Waals surface area contributed by atoms with E-state index in [9.17, 15) is 0 Å². The Kier molecular flexibility index (Phi) is 8.54. The highest BCUT2D eigenvalue weighted by Gasteiger charge is 2.09. The van der Waals surface area contributed by atoms with Gasteiger partial charge in [-0.2, -0.15) is 0 Å². The fourth-order valence-corrected chi connectivity index (χ4v) is 1.60. The number of hydrogen-bond acceptors (Lipinski definition) is 4. The Morgan fingerprint density at radius 2 is 1.89 bits per heavy atom. The van der Waals surface area contributed by atoms with E-state index in [2.05, 4.69) is 0 Å². The van der Waals surface area contributed by atoms with Gasteiger partial charge < -0.3 is 20.3 Å². The number of ether oxygens (including phenoxy) is 2. The molecule has 3 N–H and O–H groups in total. The summed E-state index contributed by atoms with van der Waals surface area (Å²) < 4.78 is 11.0. The van der Waals surface area contributed by atoms with E-state index in [1.807, 2.05) is 32.0 Å². The minimum Gasteiger partial charge on any atom is -0.494 e. The first-order valence-corrected chi connectivity index (χ1v) is 5.96. The summed E-state index contributed by atoms with van der Waals surface area (Å²) in [5, 5.41) is 8.97. The molecular weight excluding hydrogens is 254 g/mol. The molecule has 0 bridgehead atoms. The molecule has 4 nitrogen and oxygen atoms in total. The van der Waals surface area contributed by atoms with Crippen molar-refractivity contribution in [2.75, 3.05) is 19.8 Å². The van der Waals surface area contributed by atoms with E-state index in [-0.39, 0.29) is 25.1 Å². The van der Waals surface area contributed by atoms with Crippen molar-refractivity contribution in [1.82, 2.24) is 0 Å². The van der Waals surface area contributed by atoms with Crippen LogP contribution in [0, 0.1) is 0 Å². The molecule has 104 valence electrons. The van der Waals surface area contributed by atoms with E-state index >= 15 is 0 Å². The second-order valence-electron chi connectivity index (χ2n) is 3.78. The van der Waals surface area contributed by atoms with Crippen LogP contribution in [0.5, 0.6) is 11.5 Å². The highest BCUT2D eigenvalue weighted by molar-refractivity contribution is 5.85. The molecule has 0 spiro atoms. The number of benzene rings is 1. The van der Waals surface area contributed by atoms with Crippen LogP contribution in [0.25, 0.3) is 0 Å². The molecule has 0 saturated heterocycles. The maximum absolute atomic E-state index is 8.97. The predicted molar refractivity (Wildman–Crippen MR) is 74.8 cm³/mol. The molecule has 1 aromatic carbocycles. The molecule has 0 aromatic heterocycles. The monoisotopic (exact) mass is 275 g/mol. The summed E-state index contributed by atoms with van der Waals surface area (Å²) >= 11 is 0. The van der Waals surface area contributed by atoms with Gasteiger partial charge in [0.05, 0.1) is 19.8 Å².